The third-order valence-electron chi connectivity index (χ3n) is 18.6. The van der Waals surface area contributed by atoms with Crippen molar-refractivity contribution in [1.29, 1.82) is 0 Å². The first-order valence-corrected chi connectivity index (χ1v) is 25.4. The first kappa shape index (κ1) is 48.8. The predicted octanol–water partition coefficient (Wildman–Crippen LogP) is 12.4. The molecular weight excluding hydrogens is 765 g/mol. The Kier molecular flexibility index (Phi) is 14.1. The van der Waals surface area contributed by atoms with Crippen LogP contribution < -0.4 is 0 Å². The van der Waals surface area contributed by atoms with Crippen LogP contribution in [0, 0.1) is 50.7 Å². The van der Waals surface area contributed by atoms with E-state index in [0.717, 1.165) is 69.1 Å². The largest absolute Gasteiger partial charge is 0.462 e. The summed E-state index contributed by atoms with van der Waals surface area (Å²) in [4.78, 5) is 37.1. The summed E-state index contributed by atoms with van der Waals surface area (Å²) >= 11 is 0. The zero-order valence-electron chi connectivity index (χ0n) is 40.9. The molecule has 10 aliphatic rings. The molecule has 10 rings (SSSR count). The van der Waals surface area contributed by atoms with E-state index in [0.29, 0.717) is 24.7 Å². The van der Waals surface area contributed by atoms with Gasteiger partial charge in [-0.05, 0) is 200 Å². The molecule has 4 atom stereocenters. The molecule has 8 bridgehead atoms. The first-order valence-electron chi connectivity index (χ1n) is 25.4. The van der Waals surface area contributed by atoms with Crippen LogP contribution in [0.5, 0.6) is 0 Å². The number of rotatable bonds is 11. The molecule has 0 spiro atoms. The molecule has 0 aliphatic heterocycles. The van der Waals surface area contributed by atoms with E-state index in [1.54, 1.807) is 0 Å². The number of carbonyl (C=O) groups is 3. The summed E-state index contributed by atoms with van der Waals surface area (Å²) < 4.78 is 17.8. The highest BCUT2D eigenvalue weighted by Gasteiger charge is 2.66. The second kappa shape index (κ2) is 17.6. The van der Waals surface area contributed by atoms with Crippen LogP contribution in [0.25, 0.3) is 0 Å². The van der Waals surface area contributed by atoms with Gasteiger partial charge in [0.2, 0.25) is 0 Å². The summed E-state index contributed by atoms with van der Waals surface area (Å²) in [5.41, 5.74) is -3.08. The normalized spacial score (nSPS) is 37.2. The van der Waals surface area contributed by atoms with Gasteiger partial charge in [-0.1, -0.05) is 46.5 Å². The smallest absolute Gasteiger partial charge is 0.312 e. The molecule has 0 amide bonds. The van der Waals surface area contributed by atoms with Gasteiger partial charge in [0.05, 0.1) is 27.4 Å². The molecule has 0 heterocycles. The molecular formula is C53H90O8. The van der Waals surface area contributed by atoms with Gasteiger partial charge in [-0.25, -0.2) is 0 Å². The highest BCUT2D eigenvalue weighted by molar-refractivity contribution is 5.77. The van der Waals surface area contributed by atoms with Crippen molar-refractivity contribution in [3.05, 3.63) is 0 Å². The van der Waals surface area contributed by atoms with Crippen molar-refractivity contribution in [2.24, 2.45) is 50.7 Å². The van der Waals surface area contributed by atoms with E-state index >= 15 is 0 Å². The van der Waals surface area contributed by atoms with Crippen molar-refractivity contribution in [3.8, 4) is 0 Å². The lowest BCUT2D eigenvalue weighted by Gasteiger charge is -2.68. The van der Waals surface area contributed by atoms with Crippen molar-refractivity contribution in [3.63, 3.8) is 0 Å². The molecule has 0 aromatic carbocycles. The molecule has 10 aliphatic carbocycles. The fourth-order valence-electron chi connectivity index (χ4n) is 14.3. The lowest BCUT2D eigenvalue weighted by atomic mass is 9.38. The van der Waals surface area contributed by atoms with Gasteiger partial charge in [0.1, 0.15) is 17.3 Å². The second-order valence-electron chi connectivity index (χ2n) is 25.2. The number of hydrogen-bond donors (Lipinski definition) is 2. The average Bonchev–Trinajstić information content (AvgIpc) is 3.17. The standard InChI is InChI=1S/C25H42O2.C16H26O4.C12H22O2/c1-6-22(2,3)21(26)27-23(4,5)25-15-18-12-19(16-25)14-24(13-18,17-25)20-10-8-7-9-11-20;1-4-13(2,3)12(17)20-16-7-11-5-14(18,9-16)8-15(19,6-11)10-16;1-4-12(2,3)11(13)14-10-8-6-5-7-9-10/h18-20H,6-17H2,1-5H3;11,18-19H,4-10H2,1-3H3;10H,4-9H2,1-3H3. The monoisotopic (exact) mass is 855 g/mol. The third kappa shape index (κ3) is 10.4. The van der Waals surface area contributed by atoms with Crippen LogP contribution in [0.1, 0.15) is 237 Å². The zero-order valence-corrected chi connectivity index (χ0v) is 40.9. The van der Waals surface area contributed by atoms with Crippen LogP contribution in [0.15, 0.2) is 0 Å². The van der Waals surface area contributed by atoms with Gasteiger partial charge >= 0.3 is 17.9 Å². The highest BCUT2D eigenvalue weighted by Crippen LogP contribution is 2.72. The van der Waals surface area contributed by atoms with E-state index in [1.165, 1.54) is 89.9 Å². The van der Waals surface area contributed by atoms with Gasteiger partial charge in [0.25, 0.3) is 0 Å². The Bertz CT molecular complexity index is 1530. The molecule has 10 saturated carbocycles. The van der Waals surface area contributed by atoms with Crippen LogP contribution in [-0.2, 0) is 28.6 Å². The number of carbonyl (C=O) groups excluding carboxylic acids is 3. The SMILES string of the molecule is CCC(C)(C)C(=O)OC(C)(C)C12CC3CC(CC(C4CCCCC4)(C3)C1)C2.CCC(C)(C)C(=O)OC12CC3CC(O)(CC(O)(C3)C1)C2.CCC(C)(C)C(=O)OC1CCCCC1. The molecule has 0 saturated heterocycles. The predicted molar refractivity (Wildman–Crippen MR) is 241 cm³/mol. The van der Waals surface area contributed by atoms with Crippen LogP contribution in [0.3, 0.4) is 0 Å². The fourth-order valence-corrected chi connectivity index (χ4v) is 14.3. The minimum absolute atomic E-state index is 0.0115. The van der Waals surface area contributed by atoms with E-state index in [9.17, 15) is 24.6 Å². The number of esters is 3. The second-order valence-corrected chi connectivity index (χ2v) is 25.2. The van der Waals surface area contributed by atoms with E-state index in [-0.39, 0.29) is 51.8 Å². The summed E-state index contributed by atoms with van der Waals surface area (Å²) in [7, 11) is 0. The molecule has 0 radical (unpaired) electrons. The molecule has 0 aromatic rings. The summed E-state index contributed by atoms with van der Waals surface area (Å²) in [6.45, 7) is 22.4. The maximum atomic E-state index is 13.0. The Morgan fingerprint density at radius 3 is 1.51 bits per heavy atom. The average molecular weight is 855 g/mol. The third-order valence-corrected chi connectivity index (χ3v) is 18.6. The molecule has 2 N–H and O–H groups in total. The minimum atomic E-state index is -0.842. The Morgan fingerprint density at radius 2 is 1.02 bits per heavy atom. The molecule has 0 aromatic heterocycles. The molecule has 61 heavy (non-hydrogen) atoms. The lowest BCUT2D eigenvalue weighted by Crippen LogP contribution is -2.67. The van der Waals surface area contributed by atoms with Gasteiger partial charge in [-0.15, -0.1) is 0 Å². The van der Waals surface area contributed by atoms with Crippen molar-refractivity contribution in [2.75, 3.05) is 0 Å². The Hall–Kier alpha value is -1.67. The quantitative estimate of drug-likeness (QED) is 0.156. The van der Waals surface area contributed by atoms with Crippen molar-refractivity contribution in [1.82, 2.24) is 0 Å². The number of ether oxygens (including phenoxy) is 3. The Balaban J connectivity index is 0.000000162. The van der Waals surface area contributed by atoms with Crippen LogP contribution in [-0.4, -0.2) is 56.6 Å². The topological polar surface area (TPSA) is 119 Å². The van der Waals surface area contributed by atoms with Gasteiger partial charge in [-0.3, -0.25) is 14.4 Å². The molecule has 350 valence electrons. The van der Waals surface area contributed by atoms with Crippen LogP contribution >= 0.6 is 0 Å². The minimum Gasteiger partial charge on any atom is -0.462 e. The van der Waals surface area contributed by atoms with E-state index < -0.39 is 22.2 Å². The van der Waals surface area contributed by atoms with Gasteiger partial charge < -0.3 is 24.4 Å². The maximum Gasteiger partial charge on any atom is 0.312 e. The summed E-state index contributed by atoms with van der Waals surface area (Å²) in [6.07, 6.45) is 27.7. The number of hydrogen-bond acceptors (Lipinski definition) is 8. The van der Waals surface area contributed by atoms with Crippen molar-refractivity contribution in [2.45, 2.75) is 265 Å². The van der Waals surface area contributed by atoms with Crippen LogP contribution in [0.4, 0.5) is 0 Å². The van der Waals surface area contributed by atoms with Crippen molar-refractivity contribution < 1.29 is 38.8 Å². The fraction of sp³-hybridized carbons (Fsp3) is 0.943. The van der Waals surface area contributed by atoms with E-state index in [4.69, 9.17) is 14.2 Å². The highest BCUT2D eigenvalue weighted by atomic mass is 16.6. The first-order chi connectivity index (χ1) is 28.3. The lowest BCUT2D eigenvalue weighted by molar-refractivity contribution is -0.264. The van der Waals surface area contributed by atoms with Crippen molar-refractivity contribution >= 4 is 17.9 Å². The molecule has 4 unspecified atom stereocenters. The molecule has 10 fully saturated rings. The number of aliphatic hydroxyl groups is 2. The summed E-state index contributed by atoms with van der Waals surface area (Å²) in [5, 5.41) is 21.3. The van der Waals surface area contributed by atoms with E-state index in [2.05, 4.69) is 20.8 Å². The van der Waals surface area contributed by atoms with Gasteiger partial charge in [0, 0.05) is 24.7 Å². The summed E-state index contributed by atoms with van der Waals surface area (Å²) in [5.74, 6) is 2.77. The maximum absolute atomic E-state index is 13.0. The molecule has 8 nitrogen and oxygen atoms in total. The van der Waals surface area contributed by atoms with Gasteiger partial charge in [-0.2, -0.15) is 0 Å². The van der Waals surface area contributed by atoms with Crippen LogP contribution in [0.2, 0.25) is 0 Å². The van der Waals surface area contributed by atoms with Gasteiger partial charge in [0.15, 0.2) is 0 Å². The summed E-state index contributed by atoms with van der Waals surface area (Å²) in [6, 6.07) is 0. The zero-order chi connectivity index (χ0) is 44.9. The molecule has 8 heteroatoms. The Labute approximate surface area is 371 Å². The van der Waals surface area contributed by atoms with E-state index in [1.807, 2.05) is 55.4 Å². The Morgan fingerprint density at radius 1 is 0.541 bits per heavy atom.